The lowest BCUT2D eigenvalue weighted by atomic mass is 9.77. The van der Waals surface area contributed by atoms with Crippen LogP contribution in [0.2, 0.25) is 0 Å². The van der Waals surface area contributed by atoms with Gasteiger partial charge in [0.15, 0.2) is 0 Å². The number of methoxy groups -OCH3 is 1. The molecule has 2 heterocycles. The number of amides is 2. The SMILES string of the molecule is COc1ccc(Br)cc1C1NC(CC(=O)O)(C(=O)O)C2C(=O)N(c3cccc([N+](=O)[O-])c3)C(=O)C12. The van der Waals surface area contributed by atoms with Gasteiger partial charge in [0.05, 0.1) is 36.0 Å². The van der Waals surface area contributed by atoms with Crippen LogP contribution in [0.3, 0.4) is 0 Å². The van der Waals surface area contributed by atoms with E-state index in [0.29, 0.717) is 14.9 Å². The molecule has 2 aliphatic heterocycles. The smallest absolute Gasteiger partial charge is 0.325 e. The lowest BCUT2D eigenvalue weighted by Gasteiger charge is -2.30. The molecule has 0 aromatic heterocycles. The number of halogens is 1. The zero-order valence-electron chi connectivity index (χ0n) is 18.0. The molecule has 0 bridgehead atoms. The van der Waals surface area contributed by atoms with Crippen LogP contribution in [0, 0.1) is 22.0 Å². The van der Waals surface area contributed by atoms with Crippen LogP contribution in [0.1, 0.15) is 18.0 Å². The summed E-state index contributed by atoms with van der Waals surface area (Å²) in [5.41, 5.74) is -2.47. The standard InChI is InChI=1S/C22H18BrN3O9/c1-35-14-6-5-10(23)7-13(14)18-16-17(22(24-18,21(31)32)9-15(27)28)20(30)25(19(16)29)11-3-2-4-12(8-11)26(33)34/h2-8,16-18,24H,9H2,1H3,(H,27,28)(H,31,32). The van der Waals surface area contributed by atoms with Gasteiger partial charge in [0.1, 0.15) is 11.3 Å². The molecule has 4 rings (SSSR count). The minimum atomic E-state index is -2.32. The number of ether oxygens (including phenoxy) is 1. The van der Waals surface area contributed by atoms with Gasteiger partial charge in [-0.3, -0.25) is 34.6 Å². The van der Waals surface area contributed by atoms with Gasteiger partial charge < -0.3 is 14.9 Å². The third-order valence-corrected chi connectivity index (χ3v) is 6.78. The van der Waals surface area contributed by atoms with Crippen molar-refractivity contribution in [2.24, 2.45) is 11.8 Å². The van der Waals surface area contributed by atoms with Crippen LogP contribution in [0.4, 0.5) is 11.4 Å². The van der Waals surface area contributed by atoms with Crippen LogP contribution in [0.15, 0.2) is 46.9 Å². The average molecular weight is 548 g/mol. The fourth-order valence-corrected chi connectivity index (χ4v) is 5.27. The minimum absolute atomic E-state index is 0.113. The summed E-state index contributed by atoms with van der Waals surface area (Å²) in [6, 6.07) is 8.52. The number of non-ortho nitro benzene ring substituents is 1. The van der Waals surface area contributed by atoms with Crippen molar-refractivity contribution in [3.63, 3.8) is 0 Å². The fraction of sp³-hybridized carbons (Fsp3) is 0.273. The van der Waals surface area contributed by atoms with Crippen LogP contribution in [-0.4, -0.2) is 51.5 Å². The lowest BCUT2D eigenvalue weighted by Crippen LogP contribution is -2.57. The molecule has 2 aromatic rings. The Hall–Kier alpha value is -3.84. The van der Waals surface area contributed by atoms with Gasteiger partial charge in [0, 0.05) is 28.2 Å². The second-order valence-corrected chi connectivity index (χ2v) is 9.06. The van der Waals surface area contributed by atoms with Gasteiger partial charge in [-0.05, 0) is 24.3 Å². The molecule has 4 unspecified atom stereocenters. The number of imide groups is 1. The Morgan fingerprint density at radius 1 is 1.20 bits per heavy atom. The highest BCUT2D eigenvalue weighted by Gasteiger charge is 2.69. The molecule has 182 valence electrons. The number of fused-ring (bicyclic) bond motifs is 1. The first-order valence-electron chi connectivity index (χ1n) is 10.2. The van der Waals surface area contributed by atoms with E-state index in [4.69, 9.17) is 4.74 Å². The van der Waals surface area contributed by atoms with Crippen LogP contribution < -0.4 is 15.0 Å². The van der Waals surface area contributed by atoms with Gasteiger partial charge in [-0.2, -0.15) is 0 Å². The number of nitro groups is 1. The number of nitro benzene ring substituents is 1. The molecule has 13 heteroatoms. The lowest BCUT2D eigenvalue weighted by molar-refractivity contribution is -0.384. The zero-order valence-corrected chi connectivity index (χ0v) is 19.6. The summed E-state index contributed by atoms with van der Waals surface area (Å²) in [5, 5.41) is 33.7. The maximum atomic E-state index is 13.6. The first kappa shape index (κ1) is 24.3. The summed E-state index contributed by atoms with van der Waals surface area (Å²) in [4.78, 5) is 62.7. The third-order valence-electron chi connectivity index (χ3n) is 6.29. The Bertz CT molecular complexity index is 1280. The zero-order chi connectivity index (χ0) is 25.7. The Kier molecular flexibility index (Phi) is 6.07. The van der Waals surface area contributed by atoms with E-state index in [-0.39, 0.29) is 17.1 Å². The minimum Gasteiger partial charge on any atom is -0.496 e. The number of carboxylic acids is 2. The number of carbonyl (C=O) groups is 4. The van der Waals surface area contributed by atoms with E-state index in [9.17, 15) is 39.5 Å². The molecule has 2 aliphatic rings. The predicted octanol–water partition coefficient (Wildman–Crippen LogP) is 2.11. The number of hydrogen-bond donors (Lipinski definition) is 3. The van der Waals surface area contributed by atoms with E-state index in [1.165, 1.54) is 25.3 Å². The summed E-state index contributed by atoms with van der Waals surface area (Å²) in [5.74, 6) is -7.52. The van der Waals surface area contributed by atoms with Crippen molar-refractivity contribution < 1.29 is 39.1 Å². The average Bonchev–Trinajstić information content (AvgIpc) is 3.27. The number of carboxylic acid groups (broad SMARTS) is 2. The Labute approximate surface area is 205 Å². The van der Waals surface area contributed by atoms with Gasteiger partial charge in [-0.15, -0.1) is 0 Å². The van der Waals surface area contributed by atoms with Crippen LogP contribution >= 0.6 is 15.9 Å². The first-order chi connectivity index (χ1) is 16.5. The molecule has 35 heavy (non-hydrogen) atoms. The number of anilines is 1. The topological polar surface area (TPSA) is 176 Å². The largest absolute Gasteiger partial charge is 0.496 e. The Balaban J connectivity index is 1.92. The molecule has 2 saturated heterocycles. The quantitative estimate of drug-likeness (QED) is 0.264. The van der Waals surface area contributed by atoms with Crippen LogP contribution in [-0.2, 0) is 19.2 Å². The van der Waals surface area contributed by atoms with Crippen LogP contribution in [0.25, 0.3) is 0 Å². The van der Waals surface area contributed by atoms with Gasteiger partial charge in [0.2, 0.25) is 11.8 Å². The summed E-state index contributed by atoms with van der Waals surface area (Å²) in [6.07, 6.45) is -0.988. The monoisotopic (exact) mass is 547 g/mol. The van der Waals surface area contributed by atoms with E-state index >= 15 is 0 Å². The fourth-order valence-electron chi connectivity index (χ4n) is 4.89. The van der Waals surface area contributed by atoms with Crippen molar-refractivity contribution in [2.45, 2.75) is 18.0 Å². The molecule has 12 nitrogen and oxygen atoms in total. The number of nitrogens with zero attached hydrogens (tertiary/aromatic N) is 2. The van der Waals surface area contributed by atoms with Crippen molar-refractivity contribution >= 4 is 51.1 Å². The van der Waals surface area contributed by atoms with Gasteiger partial charge in [-0.1, -0.05) is 22.0 Å². The molecule has 2 fully saturated rings. The van der Waals surface area contributed by atoms with Crippen molar-refractivity contribution in [3.05, 3.63) is 62.6 Å². The summed E-state index contributed by atoms with van der Waals surface area (Å²) >= 11 is 3.32. The van der Waals surface area contributed by atoms with E-state index in [1.807, 2.05) is 0 Å². The number of rotatable bonds is 7. The summed E-state index contributed by atoms with van der Waals surface area (Å²) in [6.45, 7) is 0. The molecule has 2 amide bonds. The van der Waals surface area contributed by atoms with Crippen molar-refractivity contribution in [3.8, 4) is 5.75 Å². The number of hydrogen-bond acceptors (Lipinski definition) is 8. The molecular formula is C22H18BrN3O9. The summed E-state index contributed by atoms with van der Waals surface area (Å²) < 4.78 is 5.95. The third kappa shape index (κ3) is 3.82. The second kappa shape index (κ2) is 8.74. The Morgan fingerprint density at radius 3 is 2.51 bits per heavy atom. The number of nitrogens with one attached hydrogen (secondary N) is 1. The normalized spacial score (nSPS) is 25.4. The summed E-state index contributed by atoms with van der Waals surface area (Å²) in [7, 11) is 1.37. The van der Waals surface area contributed by atoms with Crippen molar-refractivity contribution in [2.75, 3.05) is 12.0 Å². The van der Waals surface area contributed by atoms with E-state index < -0.39 is 58.5 Å². The van der Waals surface area contributed by atoms with E-state index in [0.717, 1.165) is 6.07 Å². The molecule has 0 radical (unpaired) electrons. The molecular weight excluding hydrogens is 530 g/mol. The number of benzene rings is 2. The second-order valence-electron chi connectivity index (χ2n) is 8.15. The molecule has 2 aromatic carbocycles. The van der Waals surface area contributed by atoms with Gasteiger partial charge in [-0.25, -0.2) is 4.90 Å². The van der Waals surface area contributed by atoms with E-state index in [1.54, 1.807) is 18.2 Å². The van der Waals surface area contributed by atoms with Crippen molar-refractivity contribution in [1.29, 1.82) is 0 Å². The highest BCUT2D eigenvalue weighted by molar-refractivity contribution is 9.10. The number of carbonyl (C=O) groups excluding carboxylic acids is 2. The molecule has 0 spiro atoms. The molecule has 0 aliphatic carbocycles. The molecule has 4 atom stereocenters. The molecule has 0 saturated carbocycles. The highest BCUT2D eigenvalue weighted by atomic mass is 79.9. The first-order valence-corrected chi connectivity index (χ1v) is 11.0. The predicted molar refractivity (Wildman–Crippen MR) is 122 cm³/mol. The van der Waals surface area contributed by atoms with E-state index in [2.05, 4.69) is 21.2 Å². The maximum absolute atomic E-state index is 13.6. The number of aliphatic carboxylic acids is 2. The van der Waals surface area contributed by atoms with Crippen molar-refractivity contribution in [1.82, 2.24) is 5.32 Å². The van der Waals surface area contributed by atoms with Crippen LogP contribution in [0.5, 0.6) is 5.75 Å². The van der Waals surface area contributed by atoms with Gasteiger partial charge >= 0.3 is 11.9 Å². The Morgan fingerprint density at radius 2 is 1.91 bits per heavy atom. The van der Waals surface area contributed by atoms with Gasteiger partial charge in [0.25, 0.3) is 5.69 Å². The highest BCUT2D eigenvalue weighted by Crippen LogP contribution is 2.52. The maximum Gasteiger partial charge on any atom is 0.325 e. The molecule has 3 N–H and O–H groups in total.